The molecule has 0 saturated heterocycles. The van der Waals surface area contributed by atoms with Crippen LogP contribution in [0.15, 0.2) is 30.5 Å². The number of aromatic amines is 1. The largest absolute Gasteiger partial charge is 0.384 e. The van der Waals surface area contributed by atoms with Crippen LogP contribution < -0.4 is 5.73 Å². The van der Waals surface area contributed by atoms with Crippen LogP contribution in [0.25, 0.3) is 11.3 Å². The summed E-state index contributed by atoms with van der Waals surface area (Å²) >= 11 is 0. The minimum Gasteiger partial charge on any atom is -0.384 e. The molecule has 0 spiro atoms. The molecule has 4 nitrogen and oxygen atoms in total. The second-order valence-corrected chi connectivity index (χ2v) is 3.08. The first-order valence-electron chi connectivity index (χ1n) is 4.32. The van der Waals surface area contributed by atoms with Gasteiger partial charge in [0.05, 0.1) is 17.5 Å². The SMILES string of the molecule is N=C(N)c1cn[nH]c1-c1ccc(F)cc1. The molecule has 2 aromatic rings. The lowest BCUT2D eigenvalue weighted by Gasteiger charge is -2.00. The van der Waals surface area contributed by atoms with Gasteiger partial charge < -0.3 is 5.73 Å². The summed E-state index contributed by atoms with van der Waals surface area (Å²) in [5.41, 5.74) is 7.27. The Labute approximate surface area is 85.4 Å². The first kappa shape index (κ1) is 9.39. The van der Waals surface area contributed by atoms with E-state index in [0.29, 0.717) is 11.3 Å². The van der Waals surface area contributed by atoms with Crippen molar-refractivity contribution in [3.05, 3.63) is 41.8 Å². The molecule has 76 valence electrons. The summed E-state index contributed by atoms with van der Waals surface area (Å²) in [6.45, 7) is 0. The summed E-state index contributed by atoms with van der Waals surface area (Å²) in [5.74, 6) is -0.370. The molecule has 0 fully saturated rings. The van der Waals surface area contributed by atoms with Gasteiger partial charge >= 0.3 is 0 Å². The van der Waals surface area contributed by atoms with Crippen molar-refractivity contribution >= 4 is 5.84 Å². The second kappa shape index (κ2) is 3.53. The molecule has 0 aliphatic carbocycles. The fourth-order valence-corrected chi connectivity index (χ4v) is 1.33. The van der Waals surface area contributed by atoms with Gasteiger partial charge in [0.2, 0.25) is 0 Å². The zero-order valence-corrected chi connectivity index (χ0v) is 7.79. The Balaban J connectivity index is 2.49. The molecular weight excluding hydrogens is 195 g/mol. The number of hydrogen-bond acceptors (Lipinski definition) is 2. The molecule has 0 aliphatic heterocycles. The van der Waals surface area contributed by atoms with Crippen molar-refractivity contribution in [2.45, 2.75) is 0 Å². The Bertz CT molecular complexity index is 486. The summed E-state index contributed by atoms with van der Waals surface area (Å²) in [4.78, 5) is 0. The van der Waals surface area contributed by atoms with E-state index in [4.69, 9.17) is 11.1 Å². The smallest absolute Gasteiger partial charge is 0.126 e. The first-order valence-corrected chi connectivity index (χ1v) is 4.32. The quantitative estimate of drug-likeness (QED) is 0.512. The number of amidine groups is 1. The third-order valence-corrected chi connectivity index (χ3v) is 2.06. The predicted octanol–water partition coefficient (Wildman–Crippen LogP) is 1.50. The zero-order chi connectivity index (χ0) is 10.8. The fourth-order valence-electron chi connectivity index (χ4n) is 1.33. The van der Waals surface area contributed by atoms with Crippen LogP contribution in [0, 0.1) is 11.2 Å². The second-order valence-electron chi connectivity index (χ2n) is 3.08. The van der Waals surface area contributed by atoms with Crippen LogP contribution >= 0.6 is 0 Å². The van der Waals surface area contributed by atoms with Gasteiger partial charge in [0.15, 0.2) is 0 Å². The highest BCUT2D eigenvalue weighted by molar-refractivity contribution is 6.00. The summed E-state index contributed by atoms with van der Waals surface area (Å²) in [6, 6.07) is 5.91. The highest BCUT2D eigenvalue weighted by atomic mass is 19.1. The monoisotopic (exact) mass is 204 g/mol. The highest BCUT2D eigenvalue weighted by Gasteiger charge is 2.09. The van der Waals surface area contributed by atoms with E-state index in [1.807, 2.05) is 0 Å². The number of hydrogen-bond donors (Lipinski definition) is 3. The predicted molar refractivity (Wildman–Crippen MR) is 55.0 cm³/mol. The van der Waals surface area contributed by atoms with Gasteiger partial charge in [-0.2, -0.15) is 5.10 Å². The Hall–Kier alpha value is -2.17. The van der Waals surface area contributed by atoms with E-state index < -0.39 is 0 Å². The number of rotatable bonds is 2. The van der Waals surface area contributed by atoms with Crippen molar-refractivity contribution in [2.75, 3.05) is 0 Å². The number of nitrogens with zero attached hydrogens (tertiary/aromatic N) is 1. The van der Waals surface area contributed by atoms with Crippen LogP contribution in [-0.4, -0.2) is 16.0 Å². The molecule has 5 heteroatoms. The molecular formula is C10H9FN4. The minimum absolute atomic E-state index is 0.0666. The molecule has 15 heavy (non-hydrogen) atoms. The van der Waals surface area contributed by atoms with Gasteiger partial charge in [0.25, 0.3) is 0 Å². The van der Waals surface area contributed by atoms with Crippen molar-refractivity contribution < 1.29 is 4.39 Å². The number of nitrogens with one attached hydrogen (secondary N) is 2. The van der Waals surface area contributed by atoms with Gasteiger partial charge in [0, 0.05) is 5.56 Å². The highest BCUT2D eigenvalue weighted by Crippen LogP contribution is 2.20. The molecule has 1 aromatic carbocycles. The Kier molecular flexibility index (Phi) is 2.21. The molecule has 0 saturated carbocycles. The van der Waals surface area contributed by atoms with E-state index in [9.17, 15) is 4.39 Å². The van der Waals surface area contributed by atoms with E-state index in [0.717, 1.165) is 5.56 Å². The van der Waals surface area contributed by atoms with E-state index in [1.54, 1.807) is 12.1 Å². The molecule has 1 aromatic heterocycles. The van der Waals surface area contributed by atoms with E-state index in [2.05, 4.69) is 10.2 Å². The molecule has 2 rings (SSSR count). The van der Waals surface area contributed by atoms with Crippen LogP contribution in [0.4, 0.5) is 4.39 Å². The van der Waals surface area contributed by atoms with Gasteiger partial charge in [0.1, 0.15) is 11.7 Å². The lowest BCUT2D eigenvalue weighted by molar-refractivity contribution is 0.628. The van der Waals surface area contributed by atoms with Crippen molar-refractivity contribution in [3.63, 3.8) is 0 Å². The molecule has 0 aliphatic rings. The van der Waals surface area contributed by atoms with E-state index in [-0.39, 0.29) is 11.7 Å². The molecule has 0 atom stereocenters. The lowest BCUT2D eigenvalue weighted by Crippen LogP contribution is -2.11. The van der Waals surface area contributed by atoms with Gasteiger partial charge in [-0.25, -0.2) is 4.39 Å². The van der Waals surface area contributed by atoms with Gasteiger partial charge in [-0.05, 0) is 24.3 Å². The summed E-state index contributed by atoms with van der Waals surface area (Å²) in [5, 5.41) is 13.9. The number of nitrogens with two attached hydrogens (primary N) is 1. The van der Waals surface area contributed by atoms with Crippen LogP contribution in [0.3, 0.4) is 0 Å². The van der Waals surface area contributed by atoms with E-state index >= 15 is 0 Å². The van der Waals surface area contributed by atoms with Crippen LogP contribution in [0.5, 0.6) is 0 Å². The first-order chi connectivity index (χ1) is 7.18. The number of aromatic nitrogens is 2. The lowest BCUT2D eigenvalue weighted by atomic mass is 10.1. The van der Waals surface area contributed by atoms with Crippen molar-refractivity contribution in [2.24, 2.45) is 5.73 Å². The zero-order valence-electron chi connectivity index (χ0n) is 7.79. The maximum Gasteiger partial charge on any atom is 0.126 e. The van der Waals surface area contributed by atoms with Crippen LogP contribution in [0.2, 0.25) is 0 Å². The normalized spacial score (nSPS) is 10.2. The number of benzene rings is 1. The third-order valence-electron chi connectivity index (χ3n) is 2.06. The van der Waals surface area contributed by atoms with Crippen LogP contribution in [0.1, 0.15) is 5.56 Å². The minimum atomic E-state index is -0.303. The standard InChI is InChI=1S/C10H9FN4/c11-7-3-1-6(2-4-7)9-8(10(12)13)5-14-15-9/h1-5H,(H3,12,13)(H,14,15). The average molecular weight is 204 g/mol. The van der Waals surface area contributed by atoms with E-state index in [1.165, 1.54) is 18.3 Å². The Morgan fingerprint density at radius 2 is 2.00 bits per heavy atom. The topological polar surface area (TPSA) is 78.6 Å². The number of H-pyrrole nitrogens is 1. The van der Waals surface area contributed by atoms with Gasteiger partial charge in [-0.15, -0.1) is 0 Å². The average Bonchev–Trinajstić information content (AvgIpc) is 2.67. The summed E-state index contributed by atoms with van der Waals surface area (Å²) in [7, 11) is 0. The van der Waals surface area contributed by atoms with Crippen molar-refractivity contribution in [1.82, 2.24) is 10.2 Å². The Morgan fingerprint density at radius 3 is 2.60 bits per heavy atom. The Morgan fingerprint density at radius 1 is 1.33 bits per heavy atom. The molecule has 4 N–H and O–H groups in total. The third kappa shape index (κ3) is 1.71. The fraction of sp³-hybridized carbons (Fsp3) is 0. The molecule has 0 bridgehead atoms. The number of halogens is 1. The summed E-state index contributed by atoms with van der Waals surface area (Å²) in [6.07, 6.45) is 1.47. The van der Waals surface area contributed by atoms with Crippen LogP contribution in [-0.2, 0) is 0 Å². The maximum atomic E-state index is 12.7. The molecule has 0 amide bonds. The maximum absolute atomic E-state index is 12.7. The van der Waals surface area contributed by atoms with Gasteiger partial charge in [-0.1, -0.05) is 0 Å². The van der Waals surface area contributed by atoms with Crippen molar-refractivity contribution in [1.29, 1.82) is 5.41 Å². The molecule has 1 heterocycles. The molecule has 0 unspecified atom stereocenters. The summed E-state index contributed by atoms with van der Waals surface area (Å²) < 4.78 is 12.7. The molecule has 0 radical (unpaired) electrons. The number of nitrogen functional groups attached to an aromatic ring is 1. The van der Waals surface area contributed by atoms with Crippen molar-refractivity contribution in [3.8, 4) is 11.3 Å². The van der Waals surface area contributed by atoms with Gasteiger partial charge in [-0.3, -0.25) is 10.5 Å².